The normalized spacial score (nSPS) is 11.4. The predicted octanol–water partition coefficient (Wildman–Crippen LogP) is 4.86. The average molecular weight is 304 g/mol. The summed E-state index contributed by atoms with van der Waals surface area (Å²) in [6.07, 6.45) is 3.73. The summed E-state index contributed by atoms with van der Waals surface area (Å²) in [6.45, 7) is 4.28. The molecule has 20 heavy (non-hydrogen) atoms. The van der Waals surface area contributed by atoms with Crippen molar-refractivity contribution in [3.05, 3.63) is 52.1 Å². The predicted molar refractivity (Wildman–Crippen MR) is 85.4 cm³/mol. The van der Waals surface area contributed by atoms with Crippen LogP contribution in [0.4, 0.5) is 0 Å². The van der Waals surface area contributed by atoms with Gasteiger partial charge in [-0.3, -0.25) is 9.55 Å². The molecule has 1 N–H and O–H groups in total. The Morgan fingerprint density at radius 1 is 1.30 bits per heavy atom. The smallest absolute Gasteiger partial charge is 0.182 e. The molecule has 5 heteroatoms. The first-order valence-corrected chi connectivity index (χ1v) is 7.22. The lowest BCUT2D eigenvalue weighted by atomic mass is 10.1. The van der Waals surface area contributed by atoms with Crippen LogP contribution in [0.15, 0.2) is 36.7 Å². The molecule has 0 radical (unpaired) electrons. The topological polar surface area (TPSA) is 33.6 Å². The van der Waals surface area contributed by atoms with Crippen molar-refractivity contribution in [3.8, 4) is 5.69 Å². The maximum Gasteiger partial charge on any atom is 0.182 e. The largest absolute Gasteiger partial charge is 0.337 e. The van der Waals surface area contributed by atoms with Crippen LogP contribution in [0, 0.1) is 4.77 Å². The molecule has 0 unspecified atom stereocenters. The van der Waals surface area contributed by atoms with Crippen molar-refractivity contribution >= 4 is 34.7 Å². The molecule has 0 bridgehead atoms. The standard InChI is InChI=1S/C15H14ClN3S/c1-9(2)13-8-18-15(20)19(13)12-6-5-11(16)10-4-3-7-17-14(10)12/h3-9H,1-2H3,(H,18,20). The van der Waals surface area contributed by atoms with E-state index in [0.717, 1.165) is 22.3 Å². The number of aromatic amines is 1. The summed E-state index contributed by atoms with van der Waals surface area (Å²) in [5.41, 5.74) is 2.95. The summed E-state index contributed by atoms with van der Waals surface area (Å²) in [7, 11) is 0. The number of pyridine rings is 1. The zero-order valence-electron chi connectivity index (χ0n) is 11.2. The van der Waals surface area contributed by atoms with Gasteiger partial charge < -0.3 is 4.98 Å². The van der Waals surface area contributed by atoms with Crippen molar-refractivity contribution in [2.24, 2.45) is 0 Å². The van der Waals surface area contributed by atoms with Crippen molar-refractivity contribution in [1.82, 2.24) is 14.5 Å². The van der Waals surface area contributed by atoms with Gasteiger partial charge in [-0.2, -0.15) is 0 Å². The van der Waals surface area contributed by atoms with E-state index in [1.807, 2.05) is 35.0 Å². The molecule has 0 aliphatic rings. The molecule has 0 atom stereocenters. The molecule has 102 valence electrons. The van der Waals surface area contributed by atoms with Gasteiger partial charge in [0.05, 0.1) is 16.2 Å². The minimum atomic E-state index is 0.359. The monoisotopic (exact) mass is 303 g/mol. The number of halogens is 1. The lowest BCUT2D eigenvalue weighted by Crippen LogP contribution is -2.03. The van der Waals surface area contributed by atoms with Crippen molar-refractivity contribution in [3.63, 3.8) is 0 Å². The molecule has 0 fully saturated rings. The number of H-pyrrole nitrogens is 1. The Balaban J connectivity index is 2.39. The van der Waals surface area contributed by atoms with Crippen molar-refractivity contribution in [2.45, 2.75) is 19.8 Å². The van der Waals surface area contributed by atoms with Gasteiger partial charge in [0.25, 0.3) is 0 Å². The molecule has 3 nitrogen and oxygen atoms in total. The van der Waals surface area contributed by atoms with Crippen LogP contribution in [0.5, 0.6) is 0 Å². The van der Waals surface area contributed by atoms with Crippen molar-refractivity contribution in [1.29, 1.82) is 0 Å². The number of imidazole rings is 1. The van der Waals surface area contributed by atoms with Crippen LogP contribution in [0.2, 0.25) is 5.02 Å². The highest BCUT2D eigenvalue weighted by atomic mass is 35.5. The van der Waals surface area contributed by atoms with Crippen LogP contribution in [-0.2, 0) is 0 Å². The number of benzene rings is 1. The zero-order chi connectivity index (χ0) is 14.3. The molecular weight excluding hydrogens is 290 g/mol. The molecule has 0 saturated heterocycles. The fourth-order valence-electron chi connectivity index (χ4n) is 2.36. The Morgan fingerprint density at radius 3 is 2.85 bits per heavy atom. The molecule has 0 saturated carbocycles. The summed E-state index contributed by atoms with van der Waals surface area (Å²) in [6, 6.07) is 7.71. The highest BCUT2D eigenvalue weighted by Gasteiger charge is 2.14. The molecule has 0 aliphatic heterocycles. The SMILES string of the molecule is CC(C)c1c[nH]c(=S)n1-c1ccc(Cl)c2cccnc12. The fraction of sp³-hybridized carbons (Fsp3) is 0.200. The van der Waals surface area contributed by atoms with Gasteiger partial charge in [0.1, 0.15) is 0 Å². The number of nitrogens with one attached hydrogen (secondary N) is 1. The molecular formula is C15H14ClN3S. The van der Waals surface area contributed by atoms with Crippen LogP contribution in [0.1, 0.15) is 25.5 Å². The molecule has 3 rings (SSSR count). The van der Waals surface area contributed by atoms with Crippen molar-refractivity contribution < 1.29 is 0 Å². The van der Waals surface area contributed by atoms with Gasteiger partial charge in [-0.15, -0.1) is 0 Å². The Bertz CT molecular complexity index is 832. The van der Waals surface area contributed by atoms with Crippen LogP contribution < -0.4 is 0 Å². The summed E-state index contributed by atoms with van der Waals surface area (Å²) in [5.74, 6) is 0.359. The fourth-order valence-corrected chi connectivity index (χ4v) is 2.84. The average Bonchev–Trinajstić information content (AvgIpc) is 2.82. The van der Waals surface area contributed by atoms with E-state index >= 15 is 0 Å². The van der Waals surface area contributed by atoms with Crippen LogP contribution in [-0.4, -0.2) is 14.5 Å². The summed E-state index contributed by atoms with van der Waals surface area (Å²) < 4.78 is 2.70. The van der Waals surface area contributed by atoms with E-state index in [9.17, 15) is 0 Å². The number of hydrogen-bond acceptors (Lipinski definition) is 2. The Kier molecular flexibility index (Phi) is 3.36. The first kappa shape index (κ1) is 13.3. The van der Waals surface area contributed by atoms with Crippen molar-refractivity contribution in [2.75, 3.05) is 0 Å². The van der Waals surface area contributed by atoms with Gasteiger partial charge in [-0.05, 0) is 42.4 Å². The lowest BCUT2D eigenvalue weighted by molar-refractivity contribution is 0.785. The molecule has 3 aromatic rings. The summed E-state index contributed by atoms with van der Waals surface area (Å²) in [4.78, 5) is 7.59. The maximum absolute atomic E-state index is 6.25. The molecule has 0 amide bonds. The van der Waals surface area contributed by atoms with Gasteiger partial charge in [-0.25, -0.2) is 0 Å². The van der Waals surface area contributed by atoms with Gasteiger partial charge >= 0.3 is 0 Å². The quantitative estimate of drug-likeness (QED) is 0.686. The number of aromatic nitrogens is 3. The molecule has 0 aliphatic carbocycles. The number of hydrogen-bond donors (Lipinski definition) is 1. The third-order valence-electron chi connectivity index (χ3n) is 3.33. The van der Waals surface area contributed by atoms with Gasteiger partial charge in [0, 0.05) is 23.5 Å². The van der Waals surface area contributed by atoms with E-state index in [0.29, 0.717) is 15.7 Å². The van der Waals surface area contributed by atoms with E-state index in [4.69, 9.17) is 23.8 Å². The Morgan fingerprint density at radius 2 is 2.10 bits per heavy atom. The number of rotatable bonds is 2. The number of fused-ring (bicyclic) bond motifs is 1. The molecule has 2 heterocycles. The first-order valence-electron chi connectivity index (χ1n) is 6.43. The van der Waals surface area contributed by atoms with E-state index in [1.165, 1.54) is 0 Å². The second kappa shape index (κ2) is 5.04. The number of nitrogens with zero attached hydrogens (tertiary/aromatic N) is 2. The Hall–Kier alpha value is -1.65. The third-order valence-corrected chi connectivity index (χ3v) is 3.96. The molecule has 0 spiro atoms. The van der Waals surface area contributed by atoms with Gasteiger partial charge in [0.2, 0.25) is 0 Å². The highest BCUT2D eigenvalue weighted by Crippen LogP contribution is 2.29. The second-order valence-electron chi connectivity index (χ2n) is 4.97. The van der Waals surface area contributed by atoms with Gasteiger partial charge in [0.15, 0.2) is 4.77 Å². The maximum atomic E-state index is 6.25. The highest BCUT2D eigenvalue weighted by molar-refractivity contribution is 7.71. The van der Waals surface area contributed by atoms with Crippen LogP contribution in [0.25, 0.3) is 16.6 Å². The molecule has 1 aromatic carbocycles. The first-order chi connectivity index (χ1) is 9.59. The lowest BCUT2D eigenvalue weighted by Gasteiger charge is -2.13. The minimum absolute atomic E-state index is 0.359. The van der Waals surface area contributed by atoms with E-state index in [1.54, 1.807) is 6.20 Å². The second-order valence-corrected chi connectivity index (χ2v) is 5.77. The van der Waals surface area contributed by atoms with E-state index < -0.39 is 0 Å². The van der Waals surface area contributed by atoms with E-state index in [-0.39, 0.29) is 0 Å². The van der Waals surface area contributed by atoms with E-state index in [2.05, 4.69) is 23.8 Å². The summed E-state index contributed by atoms with van der Waals surface area (Å²) in [5, 5.41) is 1.63. The van der Waals surface area contributed by atoms with Gasteiger partial charge in [-0.1, -0.05) is 25.4 Å². The molecule has 2 aromatic heterocycles. The minimum Gasteiger partial charge on any atom is -0.337 e. The third kappa shape index (κ3) is 2.05. The van der Waals surface area contributed by atoms with Crippen LogP contribution >= 0.6 is 23.8 Å². The summed E-state index contributed by atoms with van der Waals surface area (Å²) >= 11 is 11.7. The van der Waals surface area contributed by atoms with Crippen LogP contribution in [0.3, 0.4) is 0 Å². The zero-order valence-corrected chi connectivity index (χ0v) is 12.8. The Labute approximate surface area is 127 Å².